The minimum absolute atomic E-state index is 0.707. The van der Waals surface area contributed by atoms with Gasteiger partial charge < -0.3 is 4.90 Å². The van der Waals surface area contributed by atoms with E-state index in [0.29, 0.717) is 5.92 Å². The van der Waals surface area contributed by atoms with Gasteiger partial charge in [0, 0.05) is 35.3 Å². The Morgan fingerprint density at radius 1 is 0.833 bits per heavy atom. The van der Waals surface area contributed by atoms with E-state index in [1.54, 1.807) is 0 Å². The van der Waals surface area contributed by atoms with Gasteiger partial charge in [-0.25, -0.2) is 4.98 Å². The number of fused-ring (bicyclic) bond motifs is 1. The quantitative estimate of drug-likeness (QED) is 0.255. The molecule has 1 aliphatic rings. The van der Waals surface area contributed by atoms with E-state index in [1.807, 2.05) is 22.7 Å². The van der Waals surface area contributed by atoms with E-state index in [2.05, 4.69) is 84.6 Å². The van der Waals surface area contributed by atoms with Crippen molar-refractivity contribution in [3.8, 4) is 22.4 Å². The number of benzene rings is 3. The molecular formula is C31H29ClN4. The maximum atomic E-state index is 6.18. The highest BCUT2D eigenvalue weighted by molar-refractivity contribution is 6.30. The van der Waals surface area contributed by atoms with Gasteiger partial charge >= 0.3 is 0 Å². The second-order valence-corrected chi connectivity index (χ2v) is 10.1. The maximum Gasteiger partial charge on any atom is 0.166 e. The first-order chi connectivity index (χ1) is 17.7. The Morgan fingerprint density at radius 2 is 1.50 bits per heavy atom. The van der Waals surface area contributed by atoms with Gasteiger partial charge in [0.05, 0.1) is 11.4 Å². The second kappa shape index (κ2) is 9.79. The van der Waals surface area contributed by atoms with Gasteiger partial charge in [0.2, 0.25) is 0 Å². The third-order valence-corrected chi connectivity index (χ3v) is 7.51. The van der Waals surface area contributed by atoms with Gasteiger partial charge in [-0.15, -0.1) is 0 Å². The van der Waals surface area contributed by atoms with Crippen molar-refractivity contribution in [1.82, 2.24) is 14.6 Å². The summed E-state index contributed by atoms with van der Waals surface area (Å²) < 4.78 is 2.04. The van der Waals surface area contributed by atoms with Crippen LogP contribution in [0.5, 0.6) is 0 Å². The lowest BCUT2D eigenvalue weighted by Crippen LogP contribution is -2.35. The first-order valence-electron chi connectivity index (χ1n) is 12.7. The summed E-state index contributed by atoms with van der Waals surface area (Å²) in [5.41, 5.74) is 7.51. The predicted molar refractivity (Wildman–Crippen MR) is 149 cm³/mol. The number of aryl methyl sites for hydroxylation is 1. The molecule has 1 aliphatic heterocycles. The number of anilines is 1. The first kappa shape index (κ1) is 22.8. The molecule has 1 fully saturated rings. The predicted octanol–water partition coefficient (Wildman–Crippen LogP) is 7.48. The van der Waals surface area contributed by atoms with Gasteiger partial charge in [0.25, 0.3) is 0 Å². The SMILES string of the molecule is Cc1nn2c(N3CCC(Cc4ccccc4)CC3)cc(-c3ccccc3)nc2c1-c1ccc(Cl)cc1. The van der Waals surface area contributed by atoms with Crippen molar-refractivity contribution >= 4 is 23.1 Å². The Morgan fingerprint density at radius 3 is 2.19 bits per heavy atom. The fraction of sp³-hybridized carbons (Fsp3) is 0.226. The summed E-state index contributed by atoms with van der Waals surface area (Å²) in [5.74, 6) is 1.82. The Balaban J connectivity index is 1.39. The Hall–Kier alpha value is -3.63. The molecule has 3 aromatic carbocycles. The summed E-state index contributed by atoms with van der Waals surface area (Å²) in [7, 11) is 0. The largest absolute Gasteiger partial charge is 0.356 e. The van der Waals surface area contributed by atoms with E-state index in [1.165, 1.54) is 18.4 Å². The third kappa shape index (κ3) is 4.49. The van der Waals surface area contributed by atoms with E-state index < -0.39 is 0 Å². The number of halogens is 1. The van der Waals surface area contributed by atoms with Gasteiger partial charge in [-0.05, 0) is 55.4 Å². The number of hydrogen-bond acceptors (Lipinski definition) is 3. The number of piperidine rings is 1. The number of hydrogen-bond donors (Lipinski definition) is 0. The van der Waals surface area contributed by atoms with Crippen molar-refractivity contribution in [1.29, 1.82) is 0 Å². The van der Waals surface area contributed by atoms with Crippen LogP contribution < -0.4 is 4.90 Å². The highest BCUT2D eigenvalue weighted by Crippen LogP contribution is 2.34. The van der Waals surface area contributed by atoms with E-state index in [0.717, 1.165) is 64.1 Å². The molecule has 4 nitrogen and oxygen atoms in total. The van der Waals surface area contributed by atoms with Crippen molar-refractivity contribution in [3.63, 3.8) is 0 Å². The molecule has 0 spiro atoms. The van der Waals surface area contributed by atoms with E-state index in [9.17, 15) is 0 Å². The molecule has 5 heteroatoms. The monoisotopic (exact) mass is 492 g/mol. The molecule has 0 radical (unpaired) electrons. The van der Waals surface area contributed by atoms with Crippen molar-refractivity contribution < 1.29 is 0 Å². The minimum atomic E-state index is 0.707. The maximum absolute atomic E-state index is 6.18. The molecule has 36 heavy (non-hydrogen) atoms. The summed E-state index contributed by atoms with van der Waals surface area (Å²) in [6.07, 6.45) is 3.49. The third-order valence-electron chi connectivity index (χ3n) is 7.25. The lowest BCUT2D eigenvalue weighted by molar-refractivity contribution is 0.401. The fourth-order valence-corrected chi connectivity index (χ4v) is 5.48. The van der Waals surface area contributed by atoms with Crippen molar-refractivity contribution in [2.75, 3.05) is 18.0 Å². The zero-order chi connectivity index (χ0) is 24.5. The van der Waals surface area contributed by atoms with E-state index in [-0.39, 0.29) is 0 Å². The summed E-state index contributed by atoms with van der Waals surface area (Å²) in [6.45, 7) is 4.09. The zero-order valence-electron chi connectivity index (χ0n) is 20.4. The molecule has 0 bridgehead atoms. The first-order valence-corrected chi connectivity index (χ1v) is 13.0. The van der Waals surface area contributed by atoms with Gasteiger partial charge in [-0.3, -0.25) is 0 Å². The topological polar surface area (TPSA) is 33.4 Å². The normalized spacial score (nSPS) is 14.4. The van der Waals surface area contributed by atoms with Crippen molar-refractivity contribution in [2.45, 2.75) is 26.2 Å². The van der Waals surface area contributed by atoms with Crippen LogP contribution >= 0.6 is 11.6 Å². The summed E-state index contributed by atoms with van der Waals surface area (Å²) >= 11 is 6.18. The number of nitrogens with zero attached hydrogens (tertiary/aromatic N) is 4. The highest BCUT2D eigenvalue weighted by Gasteiger charge is 2.24. The van der Waals surface area contributed by atoms with Crippen molar-refractivity contribution in [2.24, 2.45) is 5.92 Å². The Bertz CT molecular complexity index is 1470. The standard InChI is InChI=1S/C31H29ClN4/c1-22-30(26-12-14-27(32)15-13-26)31-33-28(25-10-6-3-7-11-25)21-29(36(31)34-22)35-18-16-24(17-19-35)20-23-8-4-2-5-9-23/h2-15,21,24H,16-20H2,1H3. The van der Waals surface area contributed by atoms with Gasteiger partial charge in [-0.1, -0.05) is 84.4 Å². The number of rotatable bonds is 5. The zero-order valence-corrected chi connectivity index (χ0v) is 21.2. The molecule has 180 valence electrons. The van der Waals surface area contributed by atoms with Gasteiger partial charge in [-0.2, -0.15) is 9.61 Å². The van der Waals surface area contributed by atoms with Crippen LogP contribution in [-0.2, 0) is 6.42 Å². The Kier molecular flexibility index (Phi) is 6.20. The van der Waals surface area contributed by atoms with E-state index >= 15 is 0 Å². The van der Waals surface area contributed by atoms with Crippen LogP contribution in [0.15, 0.2) is 91.0 Å². The van der Waals surface area contributed by atoms with Crippen LogP contribution in [0.2, 0.25) is 5.02 Å². The average Bonchev–Trinajstić information content (AvgIpc) is 3.26. The van der Waals surface area contributed by atoms with Crippen LogP contribution in [0.3, 0.4) is 0 Å². The molecule has 0 atom stereocenters. The van der Waals surface area contributed by atoms with Crippen LogP contribution in [0.1, 0.15) is 24.1 Å². The highest BCUT2D eigenvalue weighted by atomic mass is 35.5. The molecule has 0 unspecified atom stereocenters. The summed E-state index contributed by atoms with van der Waals surface area (Å²) in [4.78, 5) is 7.62. The smallest absolute Gasteiger partial charge is 0.166 e. The summed E-state index contributed by atoms with van der Waals surface area (Å²) in [6, 6.07) is 31.5. The van der Waals surface area contributed by atoms with Crippen LogP contribution in [-0.4, -0.2) is 27.7 Å². The molecule has 3 heterocycles. The molecule has 0 aliphatic carbocycles. The van der Waals surface area contributed by atoms with Crippen LogP contribution in [0.4, 0.5) is 5.82 Å². The Labute approximate surface area is 217 Å². The lowest BCUT2D eigenvalue weighted by Gasteiger charge is -2.33. The molecule has 5 aromatic rings. The lowest BCUT2D eigenvalue weighted by atomic mass is 9.90. The van der Waals surface area contributed by atoms with Gasteiger partial charge in [0.1, 0.15) is 5.82 Å². The molecular weight excluding hydrogens is 464 g/mol. The van der Waals surface area contributed by atoms with Crippen LogP contribution in [0.25, 0.3) is 28.0 Å². The van der Waals surface area contributed by atoms with Crippen LogP contribution in [0, 0.1) is 12.8 Å². The average molecular weight is 493 g/mol. The van der Waals surface area contributed by atoms with Crippen molar-refractivity contribution in [3.05, 3.63) is 107 Å². The minimum Gasteiger partial charge on any atom is -0.356 e. The summed E-state index contributed by atoms with van der Waals surface area (Å²) in [5, 5.41) is 5.71. The second-order valence-electron chi connectivity index (χ2n) is 9.69. The fourth-order valence-electron chi connectivity index (χ4n) is 5.36. The molecule has 0 N–H and O–H groups in total. The number of aromatic nitrogens is 3. The van der Waals surface area contributed by atoms with Gasteiger partial charge in [0.15, 0.2) is 5.65 Å². The molecule has 2 aromatic heterocycles. The van der Waals surface area contributed by atoms with E-state index in [4.69, 9.17) is 21.7 Å². The molecule has 0 amide bonds. The molecule has 1 saturated heterocycles. The molecule has 0 saturated carbocycles. The molecule has 6 rings (SSSR count).